The molecule has 1 aromatic heterocycles. The van der Waals surface area contributed by atoms with Crippen LogP contribution in [0.4, 0.5) is 0 Å². The van der Waals surface area contributed by atoms with E-state index >= 15 is 0 Å². The van der Waals surface area contributed by atoms with Crippen molar-refractivity contribution in [3.8, 4) is 16.9 Å². The Morgan fingerprint density at radius 1 is 1.09 bits per heavy atom. The SMILES string of the molecule is COCCn1c(COc2ccccc2-c2ccccc2)nnc1SC(C)C(=O)NC(C)(C)C. The molecule has 0 saturated carbocycles. The fourth-order valence-corrected chi connectivity index (χ4v) is 4.09. The number of thioether (sulfide) groups is 1. The minimum atomic E-state index is -0.317. The Bertz CT molecular complexity index is 1050. The largest absolute Gasteiger partial charge is 0.485 e. The molecule has 8 heteroatoms. The number of rotatable bonds is 10. The summed E-state index contributed by atoms with van der Waals surface area (Å²) in [6.45, 7) is 9.08. The van der Waals surface area contributed by atoms with Gasteiger partial charge in [-0.2, -0.15) is 0 Å². The van der Waals surface area contributed by atoms with Crippen LogP contribution in [-0.2, 0) is 22.7 Å². The molecule has 0 saturated heterocycles. The predicted molar refractivity (Wildman–Crippen MR) is 131 cm³/mol. The maximum absolute atomic E-state index is 12.5. The summed E-state index contributed by atoms with van der Waals surface area (Å²) >= 11 is 1.38. The summed E-state index contributed by atoms with van der Waals surface area (Å²) < 4.78 is 13.4. The lowest BCUT2D eigenvalue weighted by atomic mass is 10.1. The summed E-state index contributed by atoms with van der Waals surface area (Å²) in [7, 11) is 1.66. The minimum Gasteiger partial charge on any atom is -0.485 e. The molecule has 3 rings (SSSR count). The average Bonchev–Trinajstić information content (AvgIpc) is 3.17. The molecule has 3 aromatic rings. The molecule has 1 N–H and O–H groups in total. The number of para-hydroxylation sites is 1. The smallest absolute Gasteiger partial charge is 0.233 e. The second kappa shape index (κ2) is 11.3. The lowest BCUT2D eigenvalue weighted by molar-refractivity contribution is -0.121. The molecular weight excluding hydrogens is 436 g/mol. The van der Waals surface area contributed by atoms with E-state index in [1.165, 1.54) is 11.8 Å². The fraction of sp³-hybridized carbons (Fsp3) is 0.400. The summed E-state index contributed by atoms with van der Waals surface area (Å²) in [6.07, 6.45) is 0. The maximum atomic E-state index is 12.5. The van der Waals surface area contributed by atoms with Crippen LogP contribution < -0.4 is 10.1 Å². The Hall–Kier alpha value is -2.84. The number of amides is 1. The van der Waals surface area contributed by atoms with E-state index in [4.69, 9.17) is 9.47 Å². The topological polar surface area (TPSA) is 78.3 Å². The van der Waals surface area contributed by atoms with Gasteiger partial charge in [0.2, 0.25) is 5.91 Å². The van der Waals surface area contributed by atoms with Gasteiger partial charge in [-0.1, -0.05) is 60.3 Å². The lowest BCUT2D eigenvalue weighted by Crippen LogP contribution is -2.44. The van der Waals surface area contributed by atoms with Crippen molar-refractivity contribution in [2.75, 3.05) is 13.7 Å². The molecule has 0 radical (unpaired) electrons. The molecule has 33 heavy (non-hydrogen) atoms. The van der Waals surface area contributed by atoms with Gasteiger partial charge in [0.05, 0.1) is 11.9 Å². The second-order valence-electron chi connectivity index (χ2n) is 8.69. The number of hydrogen-bond donors (Lipinski definition) is 1. The van der Waals surface area contributed by atoms with Gasteiger partial charge in [-0.25, -0.2) is 0 Å². The van der Waals surface area contributed by atoms with Crippen LogP contribution in [0.25, 0.3) is 11.1 Å². The van der Waals surface area contributed by atoms with E-state index < -0.39 is 0 Å². The van der Waals surface area contributed by atoms with Crippen LogP contribution in [0.5, 0.6) is 5.75 Å². The normalized spacial score (nSPS) is 12.4. The highest BCUT2D eigenvalue weighted by Crippen LogP contribution is 2.30. The molecule has 0 bridgehead atoms. The second-order valence-corrected chi connectivity index (χ2v) is 10.0. The van der Waals surface area contributed by atoms with Gasteiger partial charge in [0.15, 0.2) is 11.0 Å². The molecule has 0 aliphatic heterocycles. The molecule has 0 aliphatic rings. The molecule has 0 spiro atoms. The predicted octanol–water partition coefficient (Wildman–Crippen LogP) is 4.57. The Labute approximate surface area is 199 Å². The summed E-state index contributed by atoms with van der Waals surface area (Å²) in [5.74, 6) is 1.42. The van der Waals surface area contributed by atoms with Gasteiger partial charge in [-0.15, -0.1) is 10.2 Å². The number of aromatic nitrogens is 3. The van der Waals surface area contributed by atoms with Crippen LogP contribution in [0.1, 0.15) is 33.5 Å². The molecule has 0 fully saturated rings. The zero-order chi connectivity index (χ0) is 23.8. The third-order valence-corrected chi connectivity index (χ3v) is 5.87. The van der Waals surface area contributed by atoms with Crippen LogP contribution >= 0.6 is 11.8 Å². The van der Waals surface area contributed by atoms with Crippen molar-refractivity contribution >= 4 is 17.7 Å². The summed E-state index contributed by atoms with van der Waals surface area (Å²) in [5, 5.41) is 12.1. The average molecular weight is 469 g/mol. The Kier molecular flexibility index (Phi) is 8.52. The number of benzene rings is 2. The quantitative estimate of drug-likeness (QED) is 0.439. The number of nitrogens with one attached hydrogen (secondary N) is 1. The first-order valence-electron chi connectivity index (χ1n) is 11.0. The molecule has 7 nitrogen and oxygen atoms in total. The third-order valence-electron chi connectivity index (χ3n) is 4.79. The number of methoxy groups -OCH3 is 1. The summed E-state index contributed by atoms with van der Waals surface area (Å²) in [6, 6.07) is 18.1. The molecule has 1 heterocycles. The number of carbonyl (C=O) groups is 1. The van der Waals surface area contributed by atoms with Gasteiger partial charge in [0.25, 0.3) is 0 Å². The van der Waals surface area contributed by atoms with Gasteiger partial charge >= 0.3 is 0 Å². The number of carbonyl (C=O) groups excluding carboxylic acids is 1. The molecule has 1 amide bonds. The number of hydrogen-bond acceptors (Lipinski definition) is 6. The van der Waals surface area contributed by atoms with E-state index in [0.29, 0.717) is 24.1 Å². The Balaban J connectivity index is 1.77. The molecule has 0 aliphatic carbocycles. The van der Waals surface area contributed by atoms with Gasteiger partial charge < -0.3 is 19.4 Å². The van der Waals surface area contributed by atoms with Gasteiger partial charge in [-0.05, 0) is 39.3 Å². The highest BCUT2D eigenvalue weighted by Gasteiger charge is 2.23. The van der Waals surface area contributed by atoms with Crippen LogP contribution in [0, 0.1) is 0 Å². The van der Waals surface area contributed by atoms with E-state index in [1.54, 1.807) is 7.11 Å². The molecule has 2 aromatic carbocycles. The van der Waals surface area contributed by atoms with Gasteiger partial charge in [0.1, 0.15) is 12.4 Å². The van der Waals surface area contributed by atoms with Crippen molar-refractivity contribution in [3.05, 3.63) is 60.4 Å². The van der Waals surface area contributed by atoms with Crippen molar-refractivity contribution in [1.29, 1.82) is 0 Å². The number of nitrogens with zero attached hydrogens (tertiary/aromatic N) is 3. The molecule has 1 atom stereocenters. The van der Waals surface area contributed by atoms with Gasteiger partial charge in [-0.3, -0.25) is 4.79 Å². The van der Waals surface area contributed by atoms with Crippen molar-refractivity contribution in [1.82, 2.24) is 20.1 Å². The molecular formula is C25H32N4O3S. The first-order valence-corrected chi connectivity index (χ1v) is 11.8. The Morgan fingerprint density at radius 3 is 2.48 bits per heavy atom. The van der Waals surface area contributed by atoms with E-state index in [2.05, 4.69) is 27.6 Å². The minimum absolute atomic E-state index is 0.0385. The third kappa shape index (κ3) is 7.07. The standard InChI is InChI=1S/C25H32N4O3S/c1-18(23(30)26-25(2,3)4)33-24-28-27-22(29(24)15-16-31-5)17-32-21-14-10-9-13-20(21)19-11-7-6-8-12-19/h6-14,18H,15-17H2,1-5H3,(H,26,30). The Morgan fingerprint density at radius 2 is 1.79 bits per heavy atom. The van der Waals surface area contributed by atoms with Crippen molar-refractivity contribution < 1.29 is 14.3 Å². The van der Waals surface area contributed by atoms with Gasteiger partial charge in [0, 0.05) is 24.8 Å². The van der Waals surface area contributed by atoms with Crippen LogP contribution in [0.2, 0.25) is 0 Å². The van der Waals surface area contributed by atoms with Crippen molar-refractivity contribution in [2.24, 2.45) is 0 Å². The highest BCUT2D eigenvalue weighted by atomic mass is 32.2. The van der Waals surface area contributed by atoms with E-state index in [0.717, 1.165) is 16.9 Å². The summed E-state index contributed by atoms with van der Waals surface area (Å²) in [5.41, 5.74) is 1.81. The van der Waals surface area contributed by atoms with Crippen molar-refractivity contribution in [3.63, 3.8) is 0 Å². The zero-order valence-electron chi connectivity index (χ0n) is 19.9. The van der Waals surface area contributed by atoms with Crippen LogP contribution in [0.3, 0.4) is 0 Å². The zero-order valence-corrected chi connectivity index (χ0v) is 20.7. The summed E-state index contributed by atoms with van der Waals surface area (Å²) in [4.78, 5) is 12.5. The highest BCUT2D eigenvalue weighted by molar-refractivity contribution is 8.00. The van der Waals surface area contributed by atoms with Crippen LogP contribution in [-0.4, -0.2) is 45.2 Å². The first kappa shape index (κ1) is 24.8. The van der Waals surface area contributed by atoms with Crippen LogP contribution in [0.15, 0.2) is 59.8 Å². The monoisotopic (exact) mass is 468 g/mol. The molecule has 176 valence electrons. The molecule has 1 unspecified atom stereocenters. The first-order chi connectivity index (χ1) is 15.8. The van der Waals surface area contributed by atoms with E-state index in [-0.39, 0.29) is 23.3 Å². The fourth-order valence-electron chi connectivity index (χ4n) is 3.19. The number of ether oxygens (including phenoxy) is 2. The van der Waals surface area contributed by atoms with Crippen molar-refractivity contribution in [2.45, 2.75) is 56.8 Å². The van der Waals surface area contributed by atoms with E-state index in [9.17, 15) is 4.79 Å². The lowest BCUT2D eigenvalue weighted by Gasteiger charge is -2.23. The van der Waals surface area contributed by atoms with E-state index in [1.807, 2.05) is 74.7 Å². The maximum Gasteiger partial charge on any atom is 0.233 e.